The maximum Gasteiger partial charge on any atom is 0.227 e. The summed E-state index contributed by atoms with van der Waals surface area (Å²) >= 11 is 0. The molecule has 94 valence electrons. The molecule has 0 aliphatic carbocycles. The predicted molar refractivity (Wildman–Crippen MR) is 67.0 cm³/mol. The lowest BCUT2D eigenvalue weighted by molar-refractivity contribution is -0.129. The van der Waals surface area contributed by atoms with Crippen molar-refractivity contribution in [1.82, 2.24) is 5.32 Å². The van der Waals surface area contributed by atoms with Crippen LogP contribution in [0.2, 0.25) is 0 Å². The van der Waals surface area contributed by atoms with E-state index in [9.17, 15) is 4.79 Å². The van der Waals surface area contributed by atoms with E-state index >= 15 is 0 Å². The Kier molecular flexibility index (Phi) is 4.66. The first kappa shape index (κ1) is 13.7. The summed E-state index contributed by atoms with van der Waals surface area (Å²) < 4.78 is 0. The quantitative estimate of drug-likeness (QED) is 0.707. The number of rotatable bonds is 5. The monoisotopic (exact) mass is 236 g/mol. The van der Waals surface area contributed by atoms with E-state index < -0.39 is 5.41 Å². The van der Waals surface area contributed by atoms with Gasteiger partial charge in [0.15, 0.2) is 0 Å². The van der Waals surface area contributed by atoms with Gasteiger partial charge in [0, 0.05) is 13.1 Å². The molecule has 0 saturated heterocycles. The Balaban J connectivity index is 2.58. The van der Waals surface area contributed by atoms with Crippen molar-refractivity contribution in [2.75, 3.05) is 6.54 Å². The summed E-state index contributed by atoms with van der Waals surface area (Å²) in [5.74, 6) is -0.0607. The zero-order chi connectivity index (χ0) is 12.9. The summed E-state index contributed by atoms with van der Waals surface area (Å²) in [6.45, 7) is 4.40. The molecule has 0 atom stereocenters. The predicted octanol–water partition coefficient (Wildman–Crippen LogP) is 0.780. The molecule has 0 aliphatic heterocycles. The van der Waals surface area contributed by atoms with Crippen LogP contribution in [0, 0.1) is 5.41 Å². The molecule has 1 amide bonds. The molecule has 0 fully saturated rings. The molecule has 0 unspecified atom stereocenters. The fourth-order valence-electron chi connectivity index (χ4n) is 1.35. The van der Waals surface area contributed by atoms with Gasteiger partial charge in [-0.3, -0.25) is 4.79 Å². The van der Waals surface area contributed by atoms with Crippen LogP contribution in [-0.4, -0.2) is 17.6 Å². The van der Waals surface area contributed by atoms with E-state index in [1.807, 2.05) is 38.1 Å². The number of hydrogen-bond acceptors (Lipinski definition) is 3. The minimum absolute atomic E-state index is 0.01000. The summed E-state index contributed by atoms with van der Waals surface area (Å²) in [4.78, 5) is 11.8. The van der Waals surface area contributed by atoms with Crippen LogP contribution in [0.15, 0.2) is 24.3 Å². The lowest BCUT2D eigenvalue weighted by atomic mass is 9.92. The lowest BCUT2D eigenvalue weighted by Crippen LogP contribution is -2.41. The lowest BCUT2D eigenvalue weighted by Gasteiger charge is -2.21. The zero-order valence-corrected chi connectivity index (χ0v) is 10.4. The average Bonchev–Trinajstić information content (AvgIpc) is 2.36. The Hall–Kier alpha value is -1.39. The van der Waals surface area contributed by atoms with Crippen molar-refractivity contribution in [3.8, 4) is 0 Å². The molecule has 0 heterocycles. The summed E-state index contributed by atoms with van der Waals surface area (Å²) in [6, 6.07) is 7.49. The average molecular weight is 236 g/mol. The standard InChI is InChI=1S/C13H20N2O2/c1-13(2,9-14)12(17)15-7-10-4-3-5-11(6-10)8-16/h3-6,16H,7-9,14H2,1-2H3,(H,15,17). The van der Waals surface area contributed by atoms with Gasteiger partial charge in [0.05, 0.1) is 12.0 Å². The molecule has 17 heavy (non-hydrogen) atoms. The molecular weight excluding hydrogens is 216 g/mol. The molecule has 4 heteroatoms. The molecule has 0 bridgehead atoms. The van der Waals surface area contributed by atoms with Gasteiger partial charge in [-0.2, -0.15) is 0 Å². The van der Waals surface area contributed by atoms with Crippen LogP contribution in [0.3, 0.4) is 0 Å². The summed E-state index contributed by atoms with van der Waals surface area (Å²) in [5, 5.41) is 11.8. The fourth-order valence-corrected chi connectivity index (χ4v) is 1.35. The number of amides is 1. The van der Waals surface area contributed by atoms with Gasteiger partial charge >= 0.3 is 0 Å². The number of carbonyl (C=O) groups is 1. The Labute approximate surface area is 102 Å². The molecule has 0 saturated carbocycles. The molecule has 0 radical (unpaired) electrons. The van der Waals surface area contributed by atoms with Gasteiger partial charge in [0.1, 0.15) is 0 Å². The second-order valence-corrected chi connectivity index (χ2v) is 4.75. The number of nitrogens with two attached hydrogens (primary N) is 1. The number of nitrogens with one attached hydrogen (secondary N) is 1. The highest BCUT2D eigenvalue weighted by molar-refractivity contribution is 5.81. The number of aliphatic hydroxyl groups excluding tert-OH is 1. The van der Waals surface area contributed by atoms with Crippen molar-refractivity contribution in [1.29, 1.82) is 0 Å². The normalized spacial score (nSPS) is 11.3. The van der Waals surface area contributed by atoms with E-state index in [4.69, 9.17) is 10.8 Å². The van der Waals surface area contributed by atoms with E-state index in [-0.39, 0.29) is 12.5 Å². The highest BCUT2D eigenvalue weighted by Crippen LogP contribution is 2.13. The molecule has 1 aromatic rings. The van der Waals surface area contributed by atoms with Crippen LogP contribution in [0.1, 0.15) is 25.0 Å². The topological polar surface area (TPSA) is 75.4 Å². The SMILES string of the molecule is CC(C)(CN)C(=O)NCc1cccc(CO)c1. The molecule has 4 nitrogen and oxygen atoms in total. The molecule has 4 N–H and O–H groups in total. The van der Waals surface area contributed by atoms with Gasteiger partial charge in [-0.15, -0.1) is 0 Å². The molecule has 1 rings (SSSR count). The first-order valence-corrected chi connectivity index (χ1v) is 5.66. The summed E-state index contributed by atoms with van der Waals surface area (Å²) in [5.41, 5.74) is 6.79. The highest BCUT2D eigenvalue weighted by Gasteiger charge is 2.25. The summed E-state index contributed by atoms with van der Waals surface area (Å²) in [6.07, 6.45) is 0. The number of carbonyl (C=O) groups excluding carboxylic acids is 1. The number of benzene rings is 1. The maximum absolute atomic E-state index is 11.8. The van der Waals surface area contributed by atoms with Crippen molar-refractivity contribution in [3.63, 3.8) is 0 Å². The van der Waals surface area contributed by atoms with Gasteiger partial charge < -0.3 is 16.2 Å². The van der Waals surface area contributed by atoms with Crippen LogP contribution in [0.25, 0.3) is 0 Å². The first-order valence-electron chi connectivity index (χ1n) is 5.66. The van der Waals surface area contributed by atoms with E-state index in [2.05, 4.69) is 5.32 Å². The van der Waals surface area contributed by atoms with Crippen molar-refractivity contribution < 1.29 is 9.90 Å². The molecule has 0 spiro atoms. The van der Waals surface area contributed by atoms with Crippen LogP contribution < -0.4 is 11.1 Å². The second-order valence-electron chi connectivity index (χ2n) is 4.75. The minimum atomic E-state index is -0.547. The highest BCUT2D eigenvalue weighted by atomic mass is 16.3. The Morgan fingerprint density at radius 2 is 2.06 bits per heavy atom. The van der Waals surface area contributed by atoms with E-state index in [0.717, 1.165) is 11.1 Å². The van der Waals surface area contributed by atoms with Gasteiger partial charge in [0.2, 0.25) is 5.91 Å². The Morgan fingerprint density at radius 3 is 2.65 bits per heavy atom. The minimum Gasteiger partial charge on any atom is -0.392 e. The largest absolute Gasteiger partial charge is 0.392 e. The summed E-state index contributed by atoms with van der Waals surface area (Å²) in [7, 11) is 0. The Morgan fingerprint density at radius 1 is 1.41 bits per heavy atom. The van der Waals surface area contributed by atoms with Crippen molar-refractivity contribution in [3.05, 3.63) is 35.4 Å². The van der Waals surface area contributed by atoms with Crippen LogP contribution in [0.5, 0.6) is 0 Å². The molecular formula is C13H20N2O2. The second kappa shape index (κ2) is 5.80. The smallest absolute Gasteiger partial charge is 0.227 e. The third kappa shape index (κ3) is 3.84. The van der Waals surface area contributed by atoms with Gasteiger partial charge in [-0.05, 0) is 25.0 Å². The van der Waals surface area contributed by atoms with Crippen LogP contribution in [-0.2, 0) is 17.9 Å². The van der Waals surface area contributed by atoms with Crippen molar-refractivity contribution in [2.24, 2.45) is 11.1 Å². The van der Waals surface area contributed by atoms with Crippen LogP contribution >= 0.6 is 0 Å². The van der Waals surface area contributed by atoms with Crippen molar-refractivity contribution >= 4 is 5.91 Å². The van der Waals surface area contributed by atoms with E-state index in [1.165, 1.54) is 0 Å². The van der Waals surface area contributed by atoms with Crippen molar-refractivity contribution in [2.45, 2.75) is 27.0 Å². The maximum atomic E-state index is 11.8. The Bertz CT molecular complexity index is 389. The van der Waals surface area contributed by atoms with Gasteiger partial charge in [0.25, 0.3) is 0 Å². The zero-order valence-electron chi connectivity index (χ0n) is 10.4. The molecule has 0 aromatic heterocycles. The third-order valence-electron chi connectivity index (χ3n) is 2.75. The van der Waals surface area contributed by atoms with E-state index in [1.54, 1.807) is 0 Å². The molecule has 0 aliphatic rings. The third-order valence-corrected chi connectivity index (χ3v) is 2.75. The van der Waals surface area contributed by atoms with E-state index in [0.29, 0.717) is 13.1 Å². The van der Waals surface area contributed by atoms with Gasteiger partial charge in [-0.1, -0.05) is 24.3 Å². The number of hydrogen-bond donors (Lipinski definition) is 3. The molecule has 1 aromatic carbocycles. The number of aliphatic hydroxyl groups is 1. The van der Waals surface area contributed by atoms with Gasteiger partial charge in [-0.25, -0.2) is 0 Å². The fraction of sp³-hybridized carbons (Fsp3) is 0.462. The first-order chi connectivity index (χ1) is 7.99. The van der Waals surface area contributed by atoms with Crippen LogP contribution in [0.4, 0.5) is 0 Å².